The van der Waals surface area contributed by atoms with Gasteiger partial charge in [0.15, 0.2) is 0 Å². The van der Waals surface area contributed by atoms with E-state index in [0.29, 0.717) is 50.7 Å². The predicted octanol–water partition coefficient (Wildman–Crippen LogP) is 2.49. The van der Waals surface area contributed by atoms with Crippen molar-refractivity contribution < 1.29 is 19.0 Å². The number of amides is 1. The molecule has 0 saturated heterocycles. The Morgan fingerprint density at radius 3 is 2.78 bits per heavy atom. The Balaban J connectivity index is 1.38. The Hall–Kier alpha value is -0.940. The fourth-order valence-corrected chi connectivity index (χ4v) is 4.38. The number of ether oxygens (including phenoxy) is 3. The summed E-state index contributed by atoms with van der Waals surface area (Å²) in [7, 11) is 1.64. The molecule has 2 aliphatic carbocycles. The first-order valence-corrected chi connectivity index (χ1v) is 10.7. The molecule has 2 aliphatic rings. The van der Waals surface area contributed by atoms with Gasteiger partial charge in [0.1, 0.15) is 0 Å². The maximum Gasteiger partial charge on any atom is 0.418 e. The SMILES string of the molecule is CCn1nnc2c1CCC1C(CC2)C1COC(=O)N(I)CCOCCOC. The monoisotopic (exact) mass is 492 g/mol. The summed E-state index contributed by atoms with van der Waals surface area (Å²) in [4.78, 5) is 12.2. The highest BCUT2D eigenvalue weighted by Crippen LogP contribution is 2.52. The van der Waals surface area contributed by atoms with Gasteiger partial charge in [-0.25, -0.2) is 12.6 Å². The number of carbonyl (C=O) groups is 1. The molecule has 1 amide bonds. The standard InChI is InChI=1S/C18H29IN4O4/c1-3-23-17-7-5-14-13(4-6-16(17)20-21-23)15(14)12-27-18(24)22(19)8-9-26-11-10-25-2/h13-15H,3-12H2,1-2H3. The number of methoxy groups -OCH3 is 1. The number of aryl methyl sites for hydroxylation is 2. The number of rotatable bonds is 9. The Morgan fingerprint density at radius 1 is 1.26 bits per heavy atom. The van der Waals surface area contributed by atoms with Crippen LogP contribution in [0, 0.1) is 17.8 Å². The van der Waals surface area contributed by atoms with Crippen molar-refractivity contribution >= 4 is 29.0 Å². The van der Waals surface area contributed by atoms with Gasteiger partial charge in [-0.15, -0.1) is 5.10 Å². The van der Waals surface area contributed by atoms with E-state index in [2.05, 4.69) is 17.2 Å². The van der Waals surface area contributed by atoms with E-state index < -0.39 is 0 Å². The third-order valence-corrected chi connectivity index (χ3v) is 6.49. The number of aromatic nitrogens is 3. The second-order valence-electron chi connectivity index (χ2n) is 7.14. The van der Waals surface area contributed by atoms with E-state index in [1.165, 1.54) is 5.69 Å². The first kappa shape index (κ1) is 20.8. The molecule has 0 aliphatic heterocycles. The van der Waals surface area contributed by atoms with Crippen molar-refractivity contribution in [2.24, 2.45) is 17.8 Å². The zero-order chi connectivity index (χ0) is 19.2. The highest BCUT2D eigenvalue weighted by atomic mass is 127. The largest absolute Gasteiger partial charge is 0.449 e. The van der Waals surface area contributed by atoms with Crippen LogP contribution in [-0.2, 0) is 33.6 Å². The molecule has 3 atom stereocenters. The first-order chi connectivity index (χ1) is 13.2. The number of fused-ring (bicyclic) bond motifs is 2. The van der Waals surface area contributed by atoms with Gasteiger partial charge in [0, 0.05) is 13.7 Å². The Morgan fingerprint density at radius 2 is 2.04 bits per heavy atom. The topological polar surface area (TPSA) is 78.7 Å². The lowest BCUT2D eigenvalue weighted by Gasteiger charge is -2.14. The average Bonchev–Trinajstić information content (AvgIpc) is 3.16. The van der Waals surface area contributed by atoms with Gasteiger partial charge in [0.05, 0.1) is 67.2 Å². The molecule has 152 valence electrons. The molecular weight excluding hydrogens is 463 g/mol. The normalized spacial score (nSPS) is 23.7. The predicted molar refractivity (Wildman–Crippen MR) is 108 cm³/mol. The van der Waals surface area contributed by atoms with E-state index in [4.69, 9.17) is 14.2 Å². The Labute approximate surface area is 174 Å². The second kappa shape index (κ2) is 10.0. The van der Waals surface area contributed by atoms with Gasteiger partial charge in [-0.1, -0.05) is 5.21 Å². The summed E-state index contributed by atoms with van der Waals surface area (Å²) in [6.07, 6.45) is 3.98. The molecule has 0 spiro atoms. The molecule has 0 aromatic carbocycles. The second-order valence-corrected chi connectivity index (χ2v) is 8.30. The lowest BCUT2D eigenvalue weighted by Crippen LogP contribution is -2.26. The maximum atomic E-state index is 12.2. The lowest BCUT2D eigenvalue weighted by atomic mass is 10.0. The van der Waals surface area contributed by atoms with Gasteiger partial charge in [-0.05, 0) is 50.4 Å². The summed E-state index contributed by atoms with van der Waals surface area (Å²) in [6.45, 7) is 5.58. The molecule has 3 rings (SSSR count). The van der Waals surface area contributed by atoms with Crippen molar-refractivity contribution in [2.75, 3.05) is 40.1 Å². The van der Waals surface area contributed by atoms with Crippen LogP contribution in [0.15, 0.2) is 0 Å². The minimum absolute atomic E-state index is 0.281. The summed E-state index contributed by atoms with van der Waals surface area (Å²) >= 11 is 1.99. The Bertz CT molecular complexity index is 627. The molecule has 1 aromatic heterocycles. The quantitative estimate of drug-likeness (QED) is 0.300. The van der Waals surface area contributed by atoms with Crippen LogP contribution in [0.4, 0.5) is 4.79 Å². The summed E-state index contributed by atoms with van der Waals surface area (Å²) in [6, 6.07) is 0. The minimum Gasteiger partial charge on any atom is -0.449 e. The van der Waals surface area contributed by atoms with E-state index in [0.717, 1.165) is 37.9 Å². The average molecular weight is 492 g/mol. The fraction of sp³-hybridized carbons (Fsp3) is 0.833. The van der Waals surface area contributed by atoms with E-state index in [9.17, 15) is 4.79 Å². The zero-order valence-electron chi connectivity index (χ0n) is 16.1. The van der Waals surface area contributed by atoms with Crippen molar-refractivity contribution in [3.63, 3.8) is 0 Å². The smallest absolute Gasteiger partial charge is 0.418 e. The van der Waals surface area contributed by atoms with Gasteiger partial charge in [-0.2, -0.15) is 0 Å². The summed E-state index contributed by atoms with van der Waals surface area (Å²) < 4.78 is 19.4. The van der Waals surface area contributed by atoms with Crippen LogP contribution in [0.25, 0.3) is 0 Å². The van der Waals surface area contributed by atoms with E-state index in [1.807, 2.05) is 27.5 Å². The molecule has 1 fully saturated rings. The molecule has 0 radical (unpaired) electrons. The first-order valence-electron chi connectivity index (χ1n) is 9.73. The van der Waals surface area contributed by atoms with Crippen LogP contribution in [-0.4, -0.2) is 64.3 Å². The van der Waals surface area contributed by atoms with E-state index in [-0.39, 0.29) is 6.09 Å². The summed E-state index contributed by atoms with van der Waals surface area (Å²) in [5.74, 6) is 1.80. The van der Waals surface area contributed by atoms with Crippen LogP contribution in [0.2, 0.25) is 0 Å². The van der Waals surface area contributed by atoms with Gasteiger partial charge in [-0.3, -0.25) is 0 Å². The van der Waals surface area contributed by atoms with Gasteiger partial charge >= 0.3 is 6.09 Å². The molecule has 27 heavy (non-hydrogen) atoms. The highest BCUT2D eigenvalue weighted by Gasteiger charge is 2.50. The molecule has 1 aromatic rings. The van der Waals surface area contributed by atoms with Crippen molar-refractivity contribution in [2.45, 2.75) is 39.2 Å². The minimum atomic E-state index is -0.281. The number of hydrogen-bond acceptors (Lipinski definition) is 6. The van der Waals surface area contributed by atoms with Crippen LogP contribution in [0.1, 0.15) is 31.2 Å². The summed E-state index contributed by atoms with van der Waals surface area (Å²) in [5, 5.41) is 8.60. The maximum absolute atomic E-state index is 12.2. The summed E-state index contributed by atoms with van der Waals surface area (Å²) in [5.41, 5.74) is 2.45. The van der Waals surface area contributed by atoms with Gasteiger partial charge < -0.3 is 14.2 Å². The number of halogens is 1. The van der Waals surface area contributed by atoms with Crippen LogP contribution >= 0.6 is 22.9 Å². The zero-order valence-corrected chi connectivity index (χ0v) is 18.3. The fourth-order valence-electron chi connectivity index (χ4n) is 4.04. The van der Waals surface area contributed by atoms with Crippen molar-refractivity contribution in [3.8, 4) is 0 Å². The van der Waals surface area contributed by atoms with Crippen molar-refractivity contribution in [1.29, 1.82) is 0 Å². The third-order valence-electron chi connectivity index (χ3n) is 5.62. The van der Waals surface area contributed by atoms with Crippen LogP contribution < -0.4 is 0 Å². The number of hydrogen-bond donors (Lipinski definition) is 0. The van der Waals surface area contributed by atoms with Crippen molar-refractivity contribution in [1.82, 2.24) is 18.1 Å². The van der Waals surface area contributed by atoms with Gasteiger partial charge in [0.2, 0.25) is 0 Å². The number of carbonyl (C=O) groups excluding carboxylic acids is 1. The lowest BCUT2D eigenvalue weighted by molar-refractivity contribution is 0.0642. The molecule has 1 heterocycles. The molecule has 8 nitrogen and oxygen atoms in total. The molecule has 1 saturated carbocycles. The molecule has 0 N–H and O–H groups in total. The van der Waals surface area contributed by atoms with Crippen LogP contribution in [0.5, 0.6) is 0 Å². The van der Waals surface area contributed by atoms with Crippen molar-refractivity contribution in [3.05, 3.63) is 11.4 Å². The van der Waals surface area contributed by atoms with E-state index in [1.54, 1.807) is 10.2 Å². The molecule has 0 bridgehead atoms. The number of nitrogens with zero attached hydrogens (tertiary/aromatic N) is 4. The molecule has 9 heteroatoms. The Kier molecular flexibility index (Phi) is 7.71. The van der Waals surface area contributed by atoms with E-state index >= 15 is 0 Å². The van der Waals surface area contributed by atoms with Gasteiger partial charge in [0.25, 0.3) is 0 Å². The molecule has 3 unspecified atom stereocenters. The molecular formula is C18H29IN4O4. The highest BCUT2D eigenvalue weighted by molar-refractivity contribution is 14.1. The van der Waals surface area contributed by atoms with Crippen LogP contribution in [0.3, 0.4) is 0 Å². The third kappa shape index (κ3) is 5.32.